The van der Waals surface area contributed by atoms with Crippen LogP contribution in [0.2, 0.25) is 0 Å². The largest absolute Gasteiger partial charge is 0.486 e. The van der Waals surface area contributed by atoms with E-state index in [0.29, 0.717) is 31.3 Å². The highest BCUT2D eigenvalue weighted by molar-refractivity contribution is 6.04. The molecule has 1 atom stereocenters. The Bertz CT molecular complexity index is 889. The zero-order valence-electron chi connectivity index (χ0n) is 15.5. The van der Waals surface area contributed by atoms with Crippen LogP contribution in [0.15, 0.2) is 36.4 Å². The van der Waals surface area contributed by atoms with Gasteiger partial charge in [-0.25, -0.2) is 0 Å². The summed E-state index contributed by atoms with van der Waals surface area (Å²) in [5, 5.41) is 3.00. The van der Waals surface area contributed by atoms with Crippen LogP contribution in [0.3, 0.4) is 0 Å². The third-order valence-corrected chi connectivity index (χ3v) is 5.06. The van der Waals surface area contributed by atoms with Gasteiger partial charge in [0.15, 0.2) is 11.5 Å². The molecule has 0 unspecified atom stereocenters. The number of benzene rings is 2. The summed E-state index contributed by atoms with van der Waals surface area (Å²) in [6.45, 7) is 5.30. The molecule has 0 aromatic heterocycles. The van der Waals surface area contributed by atoms with Crippen molar-refractivity contribution in [2.45, 2.75) is 20.3 Å². The van der Waals surface area contributed by atoms with Gasteiger partial charge in [-0.15, -0.1) is 0 Å². The quantitative estimate of drug-likeness (QED) is 0.907. The number of carbonyl (C=O) groups is 2. The lowest BCUT2D eigenvalue weighted by molar-refractivity contribution is -0.122. The molecule has 0 saturated carbocycles. The van der Waals surface area contributed by atoms with Gasteiger partial charge in [-0.3, -0.25) is 9.59 Å². The first kappa shape index (κ1) is 17.4. The van der Waals surface area contributed by atoms with Gasteiger partial charge in [0.05, 0.1) is 5.92 Å². The molecule has 2 amide bonds. The molecule has 140 valence electrons. The van der Waals surface area contributed by atoms with Crippen LogP contribution in [0.5, 0.6) is 11.5 Å². The lowest BCUT2D eigenvalue weighted by Gasteiger charge is -2.22. The Hall–Kier alpha value is -3.02. The van der Waals surface area contributed by atoms with Crippen LogP contribution in [0.4, 0.5) is 11.4 Å². The average Bonchev–Trinajstić information content (AvgIpc) is 3.06. The summed E-state index contributed by atoms with van der Waals surface area (Å²) < 4.78 is 11.1. The average molecular weight is 366 g/mol. The van der Waals surface area contributed by atoms with E-state index in [0.717, 1.165) is 22.5 Å². The van der Waals surface area contributed by atoms with Crippen LogP contribution in [0, 0.1) is 19.8 Å². The predicted molar refractivity (Wildman–Crippen MR) is 102 cm³/mol. The van der Waals surface area contributed by atoms with Crippen molar-refractivity contribution in [3.8, 4) is 11.5 Å². The second-order valence-corrected chi connectivity index (χ2v) is 6.99. The van der Waals surface area contributed by atoms with Crippen LogP contribution in [-0.2, 0) is 9.59 Å². The number of carbonyl (C=O) groups excluding carboxylic acids is 2. The zero-order chi connectivity index (χ0) is 19.0. The van der Waals surface area contributed by atoms with E-state index < -0.39 is 0 Å². The lowest BCUT2D eigenvalue weighted by atomic mass is 10.1. The van der Waals surface area contributed by atoms with Crippen molar-refractivity contribution in [2.75, 3.05) is 30.0 Å². The van der Waals surface area contributed by atoms with E-state index in [1.165, 1.54) is 0 Å². The zero-order valence-corrected chi connectivity index (χ0v) is 15.5. The minimum atomic E-state index is -0.385. The number of anilines is 2. The molecule has 2 aromatic carbocycles. The third kappa shape index (κ3) is 3.35. The van der Waals surface area contributed by atoms with Crippen molar-refractivity contribution in [2.24, 2.45) is 5.92 Å². The van der Waals surface area contributed by atoms with Gasteiger partial charge < -0.3 is 19.7 Å². The van der Waals surface area contributed by atoms with Crippen LogP contribution in [-0.4, -0.2) is 31.6 Å². The van der Waals surface area contributed by atoms with Crippen LogP contribution in [0.1, 0.15) is 17.5 Å². The maximum Gasteiger partial charge on any atom is 0.229 e. The maximum absolute atomic E-state index is 12.7. The topological polar surface area (TPSA) is 67.9 Å². The van der Waals surface area contributed by atoms with E-state index in [9.17, 15) is 9.59 Å². The van der Waals surface area contributed by atoms with Crippen molar-refractivity contribution in [1.29, 1.82) is 0 Å². The van der Waals surface area contributed by atoms with Crippen LogP contribution in [0.25, 0.3) is 0 Å². The van der Waals surface area contributed by atoms with Crippen molar-refractivity contribution >= 4 is 23.2 Å². The maximum atomic E-state index is 12.7. The van der Waals surface area contributed by atoms with E-state index >= 15 is 0 Å². The molecule has 0 spiro atoms. The van der Waals surface area contributed by atoms with Gasteiger partial charge in [-0.2, -0.15) is 0 Å². The summed E-state index contributed by atoms with van der Waals surface area (Å²) >= 11 is 0. The number of aryl methyl sites for hydroxylation is 2. The summed E-state index contributed by atoms with van der Waals surface area (Å²) in [7, 11) is 0. The molecule has 2 aliphatic rings. The molecule has 6 heteroatoms. The number of amides is 2. The molecule has 2 aliphatic heterocycles. The number of hydrogen-bond donors (Lipinski definition) is 1. The second kappa shape index (κ2) is 6.95. The number of nitrogens with one attached hydrogen (secondary N) is 1. The smallest absolute Gasteiger partial charge is 0.229 e. The third-order valence-electron chi connectivity index (χ3n) is 5.06. The first-order valence-corrected chi connectivity index (χ1v) is 9.10. The fraction of sp³-hybridized carbons (Fsp3) is 0.333. The summed E-state index contributed by atoms with van der Waals surface area (Å²) in [5.41, 5.74) is 3.58. The monoisotopic (exact) mass is 366 g/mol. The molecule has 6 nitrogen and oxygen atoms in total. The highest BCUT2D eigenvalue weighted by Gasteiger charge is 2.35. The van der Waals surface area contributed by atoms with Gasteiger partial charge in [0.1, 0.15) is 13.2 Å². The second-order valence-electron chi connectivity index (χ2n) is 6.99. The number of fused-ring (bicyclic) bond motifs is 1. The Kier molecular flexibility index (Phi) is 4.48. The summed E-state index contributed by atoms with van der Waals surface area (Å²) in [6.07, 6.45) is 0.200. The lowest BCUT2D eigenvalue weighted by Crippen LogP contribution is -2.28. The molecule has 1 saturated heterocycles. The van der Waals surface area contributed by atoms with E-state index in [1.54, 1.807) is 17.0 Å². The Morgan fingerprint density at radius 1 is 1.07 bits per heavy atom. The molecular formula is C21H22N2O4. The Balaban J connectivity index is 1.50. The molecule has 0 radical (unpaired) electrons. The molecule has 0 aliphatic carbocycles. The van der Waals surface area contributed by atoms with Gasteiger partial charge in [0.2, 0.25) is 11.8 Å². The summed E-state index contributed by atoms with van der Waals surface area (Å²) in [6, 6.07) is 11.3. The van der Waals surface area contributed by atoms with Crippen molar-refractivity contribution < 1.29 is 19.1 Å². The molecule has 1 fully saturated rings. The molecule has 2 heterocycles. The van der Waals surface area contributed by atoms with E-state index in [-0.39, 0.29) is 24.2 Å². The van der Waals surface area contributed by atoms with Crippen molar-refractivity contribution in [3.05, 3.63) is 47.5 Å². The Morgan fingerprint density at radius 2 is 1.78 bits per heavy atom. The molecule has 27 heavy (non-hydrogen) atoms. The number of ether oxygens (including phenoxy) is 2. The Morgan fingerprint density at radius 3 is 2.52 bits per heavy atom. The van der Waals surface area contributed by atoms with Crippen LogP contribution >= 0.6 is 0 Å². The fourth-order valence-electron chi connectivity index (χ4n) is 3.57. The van der Waals surface area contributed by atoms with E-state index in [2.05, 4.69) is 5.32 Å². The summed E-state index contributed by atoms with van der Waals surface area (Å²) in [5.74, 6) is 0.745. The summed E-state index contributed by atoms with van der Waals surface area (Å²) in [4.78, 5) is 26.9. The SMILES string of the molecule is Cc1cccc(C)c1NC(=O)[C@H]1CC(=O)N(c2ccc3c(c2)OCCO3)C1. The standard InChI is InChI=1S/C21H22N2O4/c1-13-4-3-5-14(2)20(13)22-21(25)15-10-19(24)23(12-15)16-6-7-17-18(11-16)27-9-8-26-17/h3-7,11,15H,8-10,12H2,1-2H3,(H,22,25)/t15-/m0/s1. The van der Waals surface area contributed by atoms with Crippen molar-refractivity contribution in [3.63, 3.8) is 0 Å². The Labute approximate surface area is 158 Å². The number of nitrogens with zero attached hydrogens (tertiary/aromatic N) is 1. The van der Waals surface area contributed by atoms with Gasteiger partial charge in [-0.1, -0.05) is 18.2 Å². The van der Waals surface area contributed by atoms with E-state index in [4.69, 9.17) is 9.47 Å². The van der Waals surface area contributed by atoms with Gasteiger partial charge in [-0.05, 0) is 37.1 Å². The van der Waals surface area contributed by atoms with Crippen LogP contribution < -0.4 is 19.7 Å². The normalized spacial score (nSPS) is 18.5. The fourth-order valence-corrected chi connectivity index (χ4v) is 3.57. The highest BCUT2D eigenvalue weighted by atomic mass is 16.6. The molecular weight excluding hydrogens is 344 g/mol. The minimum absolute atomic E-state index is 0.0617. The molecule has 4 rings (SSSR count). The molecule has 2 aromatic rings. The number of hydrogen-bond acceptors (Lipinski definition) is 4. The number of rotatable bonds is 3. The van der Waals surface area contributed by atoms with Gasteiger partial charge >= 0.3 is 0 Å². The molecule has 0 bridgehead atoms. The number of para-hydroxylation sites is 1. The first-order chi connectivity index (χ1) is 13.0. The van der Waals surface area contributed by atoms with E-state index in [1.807, 2.05) is 38.1 Å². The van der Waals surface area contributed by atoms with Crippen molar-refractivity contribution in [1.82, 2.24) is 0 Å². The highest BCUT2D eigenvalue weighted by Crippen LogP contribution is 2.36. The first-order valence-electron chi connectivity index (χ1n) is 9.10. The minimum Gasteiger partial charge on any atom is -0.486 e. The van der Waals surface area contributed by atoms with Gasteiger partial charge in [0, 0.05) is 30.4 Å². The van der Waals surface area contributed by atoms with Gasteiger partial charge in [0.25, 0.3) is 0 Å². The predicted octanol–water partition coefficient (Wildman–Crippen LogP) is 3.07. The molecule has 1 N–H and O–H groups in total.